The van der Waals surface area contributed by atoms with Crippen molar-refractivity contribution in [1.29, 1.82) is 5.41 Å². The standard InChI is InChI=1S/C23H23F3N6/c1-12(8-20(24)25)13(2)30-18-4-5-19(31-14(18)3)15-9-17(27)21-16(15)10-28-22(32-21)29-11-23(26)6-7-23/h4-5,9-10,20,27H,1,6-8,11H2,2-3H3,(H,28,29,32)/b27-17?,30-13-. The summed E-state index contributed by atoms with van der Waals surface area (Å²) in [5, 5.41) is 11.2. The normalized spacial score (nSPS) is 16.8. The van der Waals surface area contributed by atoms with Gasteiger partial charge in [-0.2, -0.15) is 0 Å². The molecule has 0 amide bonds. The summed E-state index contributed by atoms with van der Waals surface area (Å²) in [6.45, 7) is 7.25. The first kappa shape index (κ1) is 21.9. The van der Waals surface area contributed by atoms with Crippen LogP contribution < -0.4 is 5.32 Å². The van der Waals surface area contributed by atoms with Crippen LogP contribution in [-0.2, 0) is 0 Å². The number of allylic oxidation sites excluding steroid dienone is 2. The highest BCUT2D eigenvalue weighted by Crippen LogP contribution is 2.39. The van der Waals surface area contributed by atoms with Crippen LogP contribution in [0.4, 0.5) is 24.8 Å². The van der Waals surface area contributed by atoms with E-state index >= 15 is 0 Å². The molecule has 2 aliphatic rings. The molecule has 0 atom stereocenters. The molecule has 9 heteroatoms. The van der Waals surface area contributed by atoms with Gasteiger partial charge in [0, 0.05) is 29.5 Å². The molecule has 2 aromatic rings. The van der Waals surface area contributed by atoms with E-state index in [9.17, 15) is 13.2 Å². The lowest BCUT2D eigenvalue weighted by molar-refractivity contribution is 0.150. The van der Waals surface area contributed by atoms with E-state index < -0.39 is 18.5 Å². The largest absolute Gasteiger partial charge is 0.351 e. The zero-order chi connectivity index (χ0) is 23.0. The van der Waals surface area contributed by atoms with Gasteiger partial charge < -0.3 is 5.32 Å². The second-order valence-electron chi connectivity index (χ2n) is 8.13. The van der Waals surface area contributed by atoms with E-state index in [1.165, 1.54) is 0 Å². The van der Waals surface area contributed by atoms with Crippen LogP contribution >= 0.6 is 0 Å². The number of anilines is 1. The molecule has 4 rings (SSSR count). The van der Waals surface area contributed by atoms with Gasteiger partial charge in [0.25, 0.3) is 0 Å². The van der Waals surface area contributed by atoms with Gasteiger partial charge in [-0.1, -0.05) is 6.58 Å². The van der Waals surface area contributed by atoms with Crippen LogP contribution in [0, 0.1) is 12.3 Å². The SMILES string of the molecule is C=C(CC(F)F)/C(C)=N\c1ccc(C2=CC(=N)c3nc(NCC4(F)CC4)ncc32)nc1C. The molecule has 0 aromatic carbocycles. The molecule has 2 aliphatic carbocycles. The van der Waals surface area contributed by atoms with Gasteiger partial charge in [-0.15, -0.1) is 0 Å². The Balaban J connectivity index is 1.55. The minimum atomic E-state index is -2.47. The summed E-state index contributed by atoms with van der Waals surface area (Å²) < 4.78 is 39.0. The summed E-state index contributed by atoms with van der Waals surface area (Å²) in [7, 11) is 0. The lowest BCUT2D eigenvalue weighted by Crippen LogP contribution is -2.18. The number of aryl methyl sites for hydroxylation is 1. The molecule has 0 spiro atoms. The number of halogens is 3. The number of aromatic nitrogens is 3. The average Bonchev–Trinajstić information content (AvgIpc) is 3.39. The molecular formula is C23H23F3N6. The lowest BCUT2D eigenvalue weighted by Gasteiger charge is -2.10. The van der Waals surface area contributed by atoms with Crippen molar-refractivity contribution in [3.63, 3.8) is 0 Å². The molecule has 0 unspecified atom stereocenters. The number of hydrogen-bond donors (Lipinski definition) is 2. The summed E-state index contributed by atoms with van der Waals surface area (Å²) in [6, 6.07) is 3.52. The monoisotopic (exact) mass is 440 g/mol. The Morgan fingerprint density at radius 1 is 1.31 bits per heavy atom. The Hall–Kier alpha value is -3.36. The van der Waals surface area contributed by atoms with Gasteiger partial charge in [0.1, 0.15) is 11.4 Å². The lowest BCUT2D eigenvalue weighted by atomic mass is 10.1. The van der Waals surface area contributed by atoms with Crippen molar-refractivity contribution < 1.29 is 13.2 Å². The summed E-state index contributed by atoms with van der Waals surface area (Å²) in [4.78, 5) is 17.6. The van der Waals surface area contributed by atoms with E-state index in [1.54, 1.807) is 38.3 Å². The van der Waals surface area contributed by atoms with Gasteiger partial charge in [0.15, 0.2) is 0 Å². The highest BCUT2D eigenvalue weighted by Gasteiger charge is 2.43. The van der Waals surface area contributed by atoms with Gasteiger partial charge >= 0.3 is 0 Å². The molecule has 1 fully saturated rings. The Labute approximate surface area is 183 Å². The minimum absolute atomic E-state index is 0.158. The van der Waals surface area contributed by atoms with Gasteiger partial charge in [-0.25, -0.2) is 23.1 Å². The molecule has 2 aromatic heterocycles. The van der Waals surface area contributed by atoms with Crippen molar-refractivity contribution >= 4 is 28.6 Å². The van der Waals surface area contributed by atoms with E-state index in [2.05, 4.69) is 31.8 Å². The third-order valence-corrected chi connectivity index (χ3v) is 5.51. The predicted molar refractivity (Wildman–Crippen MR) is 119 cm³/mol. The molecule has 0 radical (unpaired) electrons. The third-order valence-electron chi connectivity index (χ3n) is 5.51. The number of alkyl halides is 3. The number of nitrogens with zero attached hydrogens (tertiary/aromatic N) is 4. The minimum Gasteiger partial charge on any atom is -0.351 e. The maximum atomic E-state index is 13.8. The number of aliphatic imine (C=N–C) groups is 1. The molecule has 6 nitrogen and oxygen atoms in total. The first-order valence-electron chi connectivity index (χ1n) is 10.3. The summed E-state index contributed by atoms with van der Waals surface area (Å²) in [5.74, 6) is 0.292. The van der Waals surface area contributed by atoms with Crippen molar-refractivity contribution in [2.45, 2.75) is 45.2 Å². The van der Waals surface area contributed by atoms with Crippen molar-refractivity contribution in [3.8, 4) is 0 Å². The first-order chi connectivity index (χ1) is 15.1. The van der Waals surface area contributed by atoms with Crippen molar-refractivity contribution in [2.75, 3.05) is 11.9 Å². The fourth-order valence-corrected chi connectivity index (χ4v) is 3.34. The predicted octanol–water partition coefficient (Wildman–Crippen LogP) is 5.21. The Bertz CT molecular complexity index is 1160. The van der Waals surface area contributed by atoms with Crippen LogP contribution in [0.1, 0.15) is 48.8 Å². The number of fused-ring (bicyclic) bond motifs is 1. The van der Waals surface area contributed by atoms with Gasteiger partial charge in [0.2, 0.25) is 12.4 Å². The fraction of sp³-hybridized carbons (Fsp3) is 0.348. The van der Waals surface area contributed by atoms with E-state index in [-0.39, 0.29) is 17.8 Å². The van der Waals surface area contributed by atoms with Crippen LogP contribution in [0.2, 0.25) is 0 Å². The molecule has 0 aliphatic heterocycles. The van der Waals surface area contributed by atoms with E-state index in [0.29, 0.717) is 58.4 Å². The maximum Gasteiger partial charge on any atom is 0.242 e. The molecule has 0 bridgehead atoms. The number of nitrogens with one attached hydrogen (secondary N) is 2. The van der Waals surface area contributed by atoms with E-state index in [0.717, 1.165) is 0 Å². The Kier molecular flexibility index (Phi) is 5.66. The molecular weight excluding hydrogens is 417 g/mol. The van der Waals surface area contributed by atoms with Crippen LogP contribution in [0.5, 0.6) is 0 Å². The quantitative estimate of drug-likeness (QED) is 0.552. The molecule has 1 saturated carbocycles. The molecule has 2 N–H and O–H groups in total. The van der Waals surface area contributed by atoms with Crippen LogP contribution in [0.25, 0.3) is 5.57 Å². The third kappa shape index (κ3) is 4.61. The summed E-state index contributed by atoms with van der Waals surface area (Å²) in [6.07, 6.45) is 1.46. The van der Waals surface area contributed by atoms with Crippen LogP contribution in [0.3, 0.4) is 0 Å². The van der Waals surface area contributed by atoms with Crippen molar-refractivity contribution in [3.05, 3.63) is 59.2 Å². The number of pyridine rings is 1. The highest BCUT2D eigenvalue weighted by atomic mass is 19.3. The highest BCUT2D eigenvalue weighted by molar-refractivity contribution is 6.18. The van der Waals surface area contributed by atoms with E-state index in [1.807, 2.05) is 0 Å². The van der Waals surface area contributed by atoms with Gasteiger partial charge in [-0.05, 0) is 50.5 Å². The first-order valence-corrected chi connectivity index (χ1v) is 10.3. The second kappa shape index (κ2) is 8.29. The van der Waals surface area contributed by atoms with Crippen LogP contribution in [-0.4, -0.2) is 45.0 Å². The summed E-state index contributed by atoms with van der Waals surface area (Å²) in [5.41, 5.74) is 3.41. The molecule has 166 valence electrons. The maximum absolute atomic E-state index is 13.8. The number of rotatable bonds is 8. The zero-order valence-electron chi connectivity index (χ0n) is 17.8. The average molecular weight is 440 g/mol. The smallest absolute Gasteiger partial charge is 0.242 e. The van der Waals surface area contributed by atoms with Crippen molar-refractivity contribution in [2.24, 2.45) is 4.99 Å². The molecule has 2 heterocycles. The van der Waals surface area contributed by atoms with E-state index in [4.69, 9.17) is 5.41 Å². The Morgan fingerprint density at radius 2 is 2.06 bits per heavy atom. The van der Waals surface area contributed by atoms with Crippen molar-refractivity contribution in [1.82, 2.24) is 15.0 Å². The molecule has 32 heavy (non-hydrogen) atoms. The molecule has 0 saturated heterocycles. The zero-order valence-corrected chi connectivity index (χ0v) is 17.8. The summed E-state index contributed by atoms with van der Waals surface area (Å²) >= 11 is 0. The Morgan fingerprint density at radius 3 is 2.72 bits per heavy atom. The van der Waals surface area contributed by atoms with Gasteiger partial charge in [0.05, 0.1) is 29.3 Å². The fourth-order valence-electron chi connectivity index (χ4n) is 3.34. The van der Waals surface area contributed by atoms with Crippen LogP contribution in [0.15, 0.2) is 41.6 Å². The topological polar surface area (TPSA) is 86.9 Å². The number of hydrogen-bond acceptors (Lipinski definition) is 6. The van der Waals surface area contributed by atoms with Gasteiger partial charge in [-0.3, -0.25) is 15.4 Å². The second-order valence-corrected chi connectivity index (χ2v) is 8.13.